The van der Waals surface area contributed by atoms with Crippen LogP contribution in [-0.2, 0) is 12.4 Å². The Balaban J connectivity index is 2.66. The average molecular weight is 417 g/mol. The van der Waals surface area contributed by atoms with Gasteiger partial charge in [0.05, 0.1) is 5.56 Å². The van der Waals surface area contributed by atoms with Gasteiger partial charge < -0.3 is 0 Å². The summed E-state index contributed by atoms with van der Waals surface area (Å²) in [5, 5.41) is 0. The van der Waals surface area contributed by atoms with Crippen molar-refractivity contribution in [3.8, 4) is 11.1 Å². The van der Waals surface area contributed by atoms with Gasteiger partial charge in [0.1, 0.15) is 9.39 Å². The largest absolute Gasteiger partial charge is 0.433 e. The monoisotopic (exact) mass is 417 g/mol. The second-order valence-electron chi connectivity index (χ2n) is 4.10. The Hall–Kier alpha value is -1.32. The molecule has 0 unspecified atom stereocenters. The van der Waals surface area contributed by atoms with Crippen molar-refractivity contribution < 1.29 is 26.3 Å². The summed E-state index contributed by atoms with van der Waals surface area (Å²) in [6, 6.07) is 6.28. The number of hydrogen-bond acceptors (Lipinski definition) is 1. The number of halogens is 7. The summed E-state index contributed by atoms with van der Waals surface area (Å²) in [5.41, 5.74) is -2.69. The fraction of sp³-hybridized carbons (Fsp3) is 0.154. The molecule has 21 heavy (non-hydrogen) atoms. The number of benzene rings is 1. The van der Waals surface area contributed by atoms with Crippen LogP contribution in [0.25, 0.3) is 11.1 Å². The van der Waals surface area contributed by atoms with Gasteiger partial charge in [-0.2, -0.15) is 26.3 Å². The molecule has 0 aliphatic carbocycles. The van der Waals surface area contributed by atoms with Crippen LogP contribution in [0.4, 0.5) is 26.3 Å². The minimum atomic E-state index is -4.72. The lowest BCUT2D eigenvalue weighted by atomic mass is 9.99. The highest BCUT2D eigenvalue weighted by Crippen LogP contribution is 2.38. The van der Waals surface area contributed by atoms with E-state index in [1.807, 2.05) is 0 Å². The third-order valence-corrected chi connectivity index (χ3v) is 3.18. The molecule has 112 valence electrons. The van der Waals surface area contributed by atoms with E-state index in [1.54, 1.807) is 0 Å². The summed E-state index contributed by atoms with van der Waals surface area (Å²) in [5.74, 6) is 0. The Labute approximate surface area is 129 Å². The summed E-state index contributed by atoms with van der Waals surface area (Å²) in [6.45, 7) is 0. The number of pyridine rings is 1. The van der Waals surface area contributed by atoms with Gasteiger partial charge >= 0.3 is 12.4 Å². The molecule has 0 aliphatic heterocycles. The zero-order chi connectivity index (χ0) is 15.8. The number of nitrogens with zero attached hydrogens (tertiary/aromatic N) is 1. The van der Waals surface area contributed by atoms with Crippen molar-refractivity contribution in [3.05, 3.63) is 51.4 Å². The Morgan fingerprint density at radius 2 is 1.48 bits per heavy atom. The Bertz CT molecular complexity index is 662. The molecule has 0 N–H and O–H groups in total. The van der Waals surface area contributed by atoms with Gasteiger partial charge in [-0.15, -0.1) is 0 Å². The smallest absolute Gasteiger partial charge is 0.237 e. The van der Waals surface area contributed by atoms with E-state index in [0.717, 1.165) is 12.1 Å². The van der Waals surface area contributed by atoms with Crippen LogP contribution < -0.4 is 0 Å². The van der Waals surface area contributed by atoms with Crippen LogP contribution in [0.3, 0.4) is 0 Å². The van der Waals surface area contributed by atoms with E-state index in [-0.39, 0.29) is 14.8 Å². The topological polar surface area (TPSA) is 12.9 Å². The molecule has 0 bridgehead atoms. The quantitative estimate of drug-likeness (QED) is 0.345. The first kappa shape index (κ1) is 16.1. The summed E-state index contributed by atoms with van der Waals surface area (Å²) < 4.78 is 76.9. The van der Waals surface area contributed by atoms with Crippen molar-refractivity contribution in [2.75, 3.05) is 0 Å². The second-order valence-corrected chi connectivity index (χ2v) is 5.21. The van der Waals surface area contributed by atoms with Gasteiger partial charge in [0, 0.05) is 0 Å². The van der Waals surface area contributed by atoms with Gasteiger partial charge in [0.25, 0.3) is 0 Å². The van der Waals surface area contributed by atoms with Crippen molar-refractivity contribution in [2.45, 2.75) is 12.4 Å². The first-order valence-electron chi connectivity index (χ1n) is 5.50. The maximum absolute atomic E-state index is 12.9. The van der Waals surface area contributed by atoms with E-state index in [2.05, 4.69) is 4.98 Å². The Morgan fingerprint density at radius 3 is 2.05 bits per heavy atom. The van der Waals surface area contributed by atoms with Gasteiger partial charge in [0.2, 0.25) is 0 Å². The number of aromatic nitrogens is 1. The molecule has 0 fully saturated rings. The summed E-state index contributed by atoms with van der Waals surface area (Å²) >= 11 is 1.54. The molecule has 0 atom stereocenters. The van der Waals surface area contributed by atoms with Crippen LogP contribution in [0, 0.1) is 3.70 Å². The lowest BCUT2D eigenvalue weighted by molar-refractivity contribution is -0.141. The van der Waals surface area contributed by atoms with E-state index in [0.29, 0.717) is 6.07 Å². The lowest BCUT2D eigenvalue weighted by Crippen LogP contribution is -2.10. The summed E-state index contributed by atoms with van der Waals surface area (Å²) in [6.07, 6.45) is -9.37. The number of rotatable bonds is 1. The number of alkyl halides is 6. The fourth-order valence-electron chi connectivity index (χ4n) is 1.78. The molecule has 2 aromatic rings. The summed E-state index contributed by atoms with van der Waals surface area (Å²) in [4.78, 5) is 3.30. The molecule has 8 heteroatoms. The van der Waals surface area contributed by atoms with Gasteiger partial charge in [0.15, 0.2) is 0 Å². The standard InChI is InChI=1S/C13H6F6IN/c14-12(15,16)9-4-2-1-3-8(9)7-5-10(13(17,18)19)21-11(20)6-7/h1-6H. The van der Waals surface area contributed by atoms with E-state index in [4.69, 9.17) is 0 Å². The lowest BCUT2D eigenvalue weighted by Gasteiger charge is -2.14. The molecular formula is C13H6F6IN. The predicted octanol–water partition coefficient (Wildman–Crippen LogP) is 5.39. The van der Waals surface area contributed by atoms with Gasteiger partial charge in [-0.3, -0.25) is 0 Å². The minimum absolute atomic E-state index is 0.0330. The first-order chi connectivity index (χ1) is 9.59. The molecule has 0 saturated carbocycles. The van der Waals surface area contributed by atoms with Crippen LogP contribution >= 0.6 is 22.6 Å². The maximum atomic E-state index is 12.9. The van der Waals surface area contributed by atoms with Crippen LogP contribution in [0.2, 0.25) is 0 Å². The van der Waals surface area contributed by atoms with Crippen molar-refractivity contribution >= 4 is 22.6 Å². The van der Waals surface area contributed by atoms with Crippen LogP contribution in [0.5, 0.6) is 0 Å². The van der Waals surface area contributed by atoms with Crippen LogP contribution in [0.1, 0.15) is 11.3 Å². The van der Waals surface area contributed by atoms with E-state index >= 15 is 0 Å². The first-order valence-corrected chi connectivity index (χ1v) is 6.58. The van der Waals surface area contributed by atoms with E-state index in [9.17, 15) is 26.3 Å². The molecule has 1 aromatic heterocycles. The van der Waals surface area contributed by atoms with Crippen LogP contribution in [0.15, 0.2) is 36.4 Å². The fourth-order valence-corrected chi connectivity index (χ4v) is 2.38. The van der Waals surface area contributed by atoms with Gasteiger partial charge in [-0.1, -0.05) is 18.2 Å². The highest BCUT2D eigenvalue weighted by molar-refractivity contribution is 14.1. The Morgan fingerprint density at radius 1 is 0.857 bits per heavy atom. The molecule has 0 radical (unpaired) electrons. The highest BCUT2D eigenvalue weighted by atomic mass is 127. The summed E-state index contributed by atoms with van der Waals surface area (Å²) in [7, 11) is 0. The zero-order valence-electron chi connectivity index (χ0n) is 10.1. The van der Waals surface area contributed by atoms with Crippen molar-refractivity contribution in [1.29, 1.82) is 0 Å². The molecule has 0 aliphatic rings. The molecule has 0 amide bonds. The van der Waals surface area contributed by atoms with Crippen molar-refractivity contribution in [2.24, 2.45) is 0 Å². The normalized spacial score (nSPS) is 12.5. The molecular weight excluding hydrogens is 411 g/mol. The van der Waals surface area contributed by atoms with Gasteiger partial charge in [-0.25, -0.2) is 4.98 Å². The molecule has 0 saturated heterocycles. The minimum Gasteiger partial charge on any atom is -0.237 e. The highest BCUT2D eigenvalue weighted by Gasteiger charge is 2.36. The van der Waals surface area contributed by atoms with Crippen molar-refractivity contribution in [1.82, 2.24) is 4.98 Å². The molecule has 1 heterocycles. The van der Waals surface area contributed by atoms with Gasteiger partial charge in [-0.05, 0) is 51.9 Å². The third kappa shape index (κ3) is 3.66. The second kappa shape index (κ2) is 5.47. The predicted molar refractivity (Wildman–Crippen MR) is 72.4 cm³/mol. The molecule has 1 nitrogen and oxygen atoms in total. The zero-order valence-corrected chi connectivity index (χ0v) is 12.2. The van der Waals surface area contributed by atoms with Crippen LogP contribution in [-0.4, -0.2) is 4.98 Å². The van der Waals surface area contributed by atoms with Crippen molar-refractivity contribution in [3.63, 3.8) is 0 Å². The maximum Gasteiger partial charge on any atom is 0.433 e. The number of hydrogen-bond donors (Lipinski definition) is 0. The SMILES string of the molecule is FC(F)(F)c1cc(-c2ccccc2C(F)(F)F)cc(I)n1. The molecule has 2 rings (SSSR count). The van der Waals surface area contributed by atoms with E-state index in [1.165, 1.54) is 40.8 Å². The third-order valence-electron chi connectivity index (χ3n) is 2.63. The molecule has 1 aromatic carbocycles. The molecule has 0 spiro atoms. The average Bonchev–Trinajstić information content (AvgIpc) is 2.36. The Kier molecular flexibility index (Phi) is 4.18. The van der Waals surface area contributed by atoms with E-state index < -0.39 is 23.6 Å².